The molecule has 2 unspecified atom stereocenters. The molecule has 5 heteroatoms. The number of nitrogens with zero attached hydrogens (tertiary/aromatic N) is 2. The van der Waals surface area contributed by atoms with Gasteiger partial charge in [-0.05, 0) is 47.8 Å². The lowest BCUT2D eigenvalue weighted by Crippen LogP contribution is -2.35. The summed E-state index contributed by atoms with van der Waals surface area (Å²) in [5.74, 6) is 0.153. The summed E-state index contributed by atoms with van der Waals surface area (Å²) in [4.78, 5) is 15.6. The highest BCUT2D eigenvalue weighted by Gasteiger charge is 2.35. The maximum absolute atomic E-state index is 11.9. The molecule has 2 atom stereocenters. The topological polar surface area (TPSA) is 53.0 Å². The molecule has 0 saturated carbocycles. The molecule has 1 heterocycles. The van der Waals surface area contributed by atoms with Crippen LogP contribution in [0.4, 0.5) is 4.79 Å². The third-order valence-corrected chi connectivity index (χ3v) is 3.01. The number of aliphatic hydroxyl groups is 1. The van der Waals surface area contributed by atoms with E-state index in [1.54, 1.807) is 4.90 Å². The summed E-state index contributed by atoms with van der Waals surface area (Å²) in [7, 11) is 4.01. The van der Waals surface area contributed by atoms with Gasteiger partial charge in [0.2, 0.25) is 0 Å². The standard InChI is InChI=1S/C13H26N2O3/c1-13(2,3)18-12(17)15-8-10(11(16)9-15)6-7-14(4)5/h10-11,16H,6-9H2,1-5H3. The number of aliphatic hydroxyl groups excluding tert-OH is 1. The molecule has 5 nitrogen and oxygen atoms in total. The van der Waals surface area contributed by atoms with Crippen molar-refractivity contribution < 1.29 is 14.6 Å². The second kappa shape index (κ2) is 5.89. The maximum Gasteiger partial charge on any atom is 0.410 e. The Morgan fingerprint density at radius 1 is 1.39 bits per heavy atom. The van der Waals surface area contributed by atoms with Crippen LogP contribution in [0.15, 0.2) is 0 Å². The van der Waals surface area contributed by atoms with E-state index in [4.69, 9.17) is 4.74 Å². The van der Waals surface area contributed by atoms with Crippen molar-refractivity contribution >= 4 is 6.09 Å². The molecule has 1 N–H and O–H groups in total. The first-order chi connectivity index (χ1) is 8.19. The Morgan fingerprint density at radius 2 is 2.00 bits per heavy atom. The Hall–Kier alpha value is -0.810. The van der Waals surface area contributed by atoms with Crippen molar-refractivity contribution in [3.8, 4) is 0 Å². The molecule has 1 aliphatic heterocycles. The van der Waals surface area contributed by atoms with E-state index in [9.17, 15) is 9.90 Å². The highest BCUT2D eigenvalue weighted by atomic mass is 16.6. The van der Waals surface area contributed by atoms with Crippen LogP contribution in [-0.4, -0.2) is 66.4 Å². The summed E-state index contributed by atoms with van der Waals surface area (Å²) < 4.78 is 5.31. The van der Waals surface area contributed by atoms with E-state index in [1.807, 2.05) is 34.9 Å². The van der Waals surface area contributed by atoms with Gasteiger partial charge in [0.05, 0.1) is 12.6 Å². The molecule has 1 rings (SSSR count). The first-order valence-electron chi connectivity index (χ1n) is 6.50. The van der Waals surface area contributed by atoms with E-state index in [-0.39, 0.29) is 12.0 Å². The van der Waals surface area contributed by atoms with Crippen LogP contribution >= 0.6 is 0 Å². The molecule has 0 aromatic rings. The molecular formula is C13H26N2O3. The van der Waals surface area contributed by atoms with Gasteiger partial charge in [-0.3, -0.25) is 0 Å². The number of ether oxygens (including phenoxy) is 1. The number of likely N-dealkylation sites (tertiary alicyclic amines) is 1. The average Bonchev–Trinajstić information content (AvgIpc) is 2.54. The lowest BCUT2D eigenvalue weighted by atomic mass is 10.0. The normalized spacial score (nSPS) is 24.7. The predicted octanol–water partition coefficient (Wildman–Crippen LogP) is 1.17. The zero-order valence-corrected chi connectivity index (χ0v) is 12.1. The summed E-state index contributed by atoms with van der Waals surface area (Å²) in [5, 5.41) is 9.95. The minimum atomic E-state index is -0.482. The summed E-state index contributed by atoms with van der Waals surface area (Å²) in [5.41, 5.74) is -0.482. The van der Waals surface area contributed by atoms with E-state index in [0.717, 1.165) is 13.0 Å². The van der Waals surface area contributed by atoms with E-state index in [0.29, 0.717) is 13.1 Å². The number of hydrogen-bond donors (Lipinski definition) is 1. The predicted molar refractivity (Wildman–Crippen MR) is 70.5 cm³/mol. The molecule has 0 bridgehead atoms. The van der Waals surface area contributed by atoms with Crippen LogP contribution in [-0.2, 0) is 4.74 Å². The minimum absolute atomic E-state index is 0.153. The van der Waals surface area contributed by atoms with Crippen LogP contribution in [0.25, 0.3) is 0 Å². The maximum atomic E-state index is 11.9. The SMILES string of the molecule is CN(C)CCC1CN(C(=O)OC(C)(C)C)CC1O. The van der Waals surface area contributed by atoms with Crippen LogP contribution in [0.3, 0.4) is 0 Å². The largest absolute Gasteiger partial charge is 0.444 e. The van der Waals surface area contributed by atoms with E-state index < -0.39 is 11.7 Å². The van der Waals surface area contributed by atoms with Crippen LogP contribution in [0.1, 0.15) is 27.2 Å². The highest BCUT2D eigenvalue weighted by Crippen LogP contribution is 2.22. The lowest BCUT2D eigenvalue weighted by molar-refractivity contribution is 0.0269. The molecule has 1 saturated heterocycles. The first-order valence-corrected chi connectivity index (χ1v) is 6.50. The first kappa shape index (κ1) is 15.2. The van der Waals surface area contributed by atoms with Crippen molar-refractivity contribution in [3.63, 3.8) is 0 Å². The van der Waals surface area contributed by atoms with Gasteiger partial charge in [-0.2, -0.15) is 0 Å². The Kier molecular flexibility index (Phi) is 4.99. The Balaban J connectivity index is 2.45. The second-order valence-electron chi connectivity index (χ2n) is 6.30. The van der Waals surface area contributed by atoms with Crippen LogP contribution < -0.4 is 0 Å². The number of carbonyl (C=O) groups is 1. The third kappa shape index (κ3) is 4.82. The molecule has 0 aromatic heterocycles. The zero-order valence-electron chi connectivity index (χ0n) is 12.1. The Morgan fingerprint density at radius 3 is 2.50 bits per heavy atom. The fraction of sp³-hybridized carbons (Fsp3) is 0.923. The van der Waals surface area contributed by atoms with Crippen molar-refractivity contribution in [2.24, 2.45) is 5.92 Å². The van der Waals surface area contributed by atoms with Gasteiger partial charge in [0, 0.05) is 12.5 Å². The number of amides is 1. The molecule has 18 heavy (non-hydrogen) atoms. The zero-order chi connectivity index (χ0) is 13.9. The van der Waals surface area contributed by atoms with Gasteiger partial charge in [-0.25, -0.2) is 4.79 Å². The highest BCUT2D eigenvalue weighted by molar-refractivity contribution is 5.68. The quantitative estimate of drug-likeness (QED) is 0.825. The molecule has 106 valence electrons. The second-order valence-corrected chi connectivity index (χ2v) is 6.30. The molecule has 1 aliphatic rings. The number of β-amino-alcohol motifs (C(OH)–C–C–N with tert-alkyl or cyclic N) is 1. The van der Waals surface area contributed by atoms with Crippen LogP contribution in [0.5, 0.6) is 0 Å². The molecule has 1 fully saturated rings. The Bertz CT molecular complexity index is 286. The summed E-state index contributed by atoms with van der Waals surface area (Å²) >= 11 is 0. The van der Waals surface area contributed by atoms with Crippen molar-refractivity contribution in [1.82, 2.24) is 9.80 Å². The molecule has 0 aromatic carbocycles. The van der Waals surface area contributed by atoms with E-state index in [1.165, 1.54) is 0 Å². The molecule has 0 spiro atoms. The van der Waals surface area contributed by atoms with Crippen LogP contribution in [0, 0.1) is 5.92 Å². The van der Waals surface area contributed by atoms with Gasteiger partial charge >= 0.3 is 6.09 Å². The van der Waals surface area contributed by atoms with E-state index >= 15 is 0 Å². The van der Waals surface area contributed by atoms with Gasteiger partial charge in [0.15, 0.2) is 0 Å². The monoisotopic (exact) mass is 258 g/mol. The fourth-order valence-corrected chi connectivity index (χ4v) is 2.04. The smallest absolute Gasteiger partial charge is 0.410 e. The molecular weight excluding hydrogens is 232 g/mol. The molecule has 1 amide bonds. The number of rotatable bonds is 3. The number of carbonyl (C=O) groups excluding carboxylic acids is 1. The average molecular weight is 258 g/mol. The van der Waals surface area contributed by atoms with Gasteiger partial charge in [-0.15, -0.1) is 0 Å². The van der Waals surface area contributed by atoms with Crippen LogP contribution in [0.2, 0.25) is 0 Å². The van der Waals surface area contributed by atoms with Crippen molar-refractivity contribution in [2.75, 3.05) is 33.7 Å². The van der Waals surface area contributed by atoms with Gasteiger partial charge in [0.25, 0.3) is 0 Å². The summed E-state index contributed by atoms with van der Waals surface area (Å²) in [6, 6.07) is 0. The van der Waals surface area contributed by atoms with Gasteiger partial charge < -0.3 is 19.6 Å². The number of hydrogen-bond acceptors (Lipinski definition) is 4. The van der Waals surface area contributed by atoms with Gasteiger partial charge in [-0.1, -0.05) is 0 Å². The molecule has 0 radical (unpaired) electrons. The van der Waals surface area contributed by atoms with Crippen molar-refractivity contribution in [1.29, 1.82) is 0 Å². The van der Waals surface area contributed by atoms with Gasteiger partial charge in [0.1, 0.15) is 5.60 Å². The van der Waals surface area contributed by atoms with E-state index in [2.05, 4.69) is 4.90 Å². The minimum Gasteiger partial charge on any atom is -0.444 e. The van der Waals surface area contributed by atoms with Crippen molar-refractivity contribution in [2.45, 2.75) is 38.9 Å². The summed E-state index contributed by atoms with van der Waals surface area (Å²) in [6.45, 7) is 7.43. The third-order valence-electron chi connectivity index (χ3n) is 3.01. The lowest BCUT2D eigenvalue weighted by Gasteiger charge is -2.24. The fourth-order valence-electron chi connectivity index (χ4n) is 2.04. The molecule has 0 aliphatic carbocycles. The summed E-state index contributed by atoms with van der Waals surface area (Å²) in [6.07, 6.45) is 0.138. The van der Waals surface area contributed by atoms with Crippen molar-refractivity contribution in [3.05, 3.63) is 0 Å². The Labute approximate surface area is 110 Å².